The van der Waals surface area contributed by atoms with Crippen LogP contribution in [0, 0.1) is 17.5 Å². The van der Waals surface area contributed by atoms with Gasteiger partial charge in [-0.1, -0.05) is 6.92 Å². The molecule has 0 fully saturated rings. The molecule has 0 radical (unpaired) electrons. The number of alkyl halides is 3. The van der Waals surface area contributed by atoms with Crippen LogP contribution in [0.1, 0.15) is 13.3 Å². The van der Waals surface area contributed by atoms with Crippen LogP contribution >= 0.6 is 0 Å². The molecule has 0 bridgehead atoms. The Hall–Kier alpha value is -2.80. The maximum absolute atomic E-state index is 13.7. The number of ether oxygens (including phenoxy) is 1. The van der Waals surface area contributed by atoms with Crippen LogP contribution in [0.5, 0.6) is 5.75 Å². The first-order chi connectivity index (χ1) is 14.3. The maximum atomic E-state index is 13.7. The second kappa shape index (κ2) is 9.56. The van der Waals surface area contributed by atoms with Crippen molar-refractivity contribution in [1.82, 2.24) is 4.31 Å². The first-order valence-corrected chi connectivity index (χ1v) is 10.1. The molecule has 2 aromatic carbocycles. The van der Waals surface area contributed by atoms with Gasteiger partial charge < -0.3 is 10.1 Å². The Balaban J connectivity index is 2.20. The quantitative estimate of drug-likeness (QED) is 0.467. The molecule has 1 N–H and O–H groups in total. The summed E-state index contributed by atoms with van der Waals surface area (Å²) in [5, 5.41) is 1.95. The highest BCUT2D eigenvalue weighted by molar-refractivity contribution is 7.89. The van der Waals surface area contributed by atoms with Crippen molar-refractivity contribution < 1.29 is 44.3 Å². The Morgan fingerprint density at radius 2 is 1.65 bits per heavy atom. The molecule has 0 saturated carbocycles. The lowest BCUT2D eigenvalue weighted by Gasteiger charge is -2.21. The Kier molecular flexibility index (Phi) is 7.54. The summed E-state index contributed by atoms with van der Waals surface area (Å²) in [7, 11) is -4.33. The van der Waals surface area contributed by atoms with Gasteiger partial charge in [-0.2, -0.15) is 4.31 Å². The number of nitrogens with zero attached hydrogens (tertiary/aromatic N) is 1. The van der Waals surface area contributed by atoms with Gasteiger partial charge in [0.25, 0.3) is 0 Å². The molecule has 0 spiro atoms. The van der Waals surface area contributed by atoms with E-state index in [1.807, 2.05) is 5.32 Å². The Labute approximate surface area is 173 Å². The number of anilines is 1. The predicted molar refractivity (Wildman–Crippen MR) is 97.1 cm³/mol. The predicted octanol–water partition coefficient (Wildman–Crippen LogP) is 4.04. The molecule has 2 rings (SSSR count). The summed E-state index contributed by atoms with van der Waals surface area (Å²) in [5.41, 5.74) is -0.689. The van der Waals surface area contributed by atoms with E-state index in [4.69, 9.17) is 0 Å². The third kappa shape index (κ3) is 6.34. The van der Waals surface area contributed by atoms with Crippen molar-refractivity contribution in [2.75, 3.05) is 18.4 Å². The molecule has 2 aromatic rings. The van der Waals surface area contributed by atoms with Crippen LogP contribution in [0.25, 0.3) is 0 Å². The van der Waals surface area contributed by atoms with Crippen molar-refractivity contribution >= 4 is 21.6 Å². The van der Waals surface area contributed by atoms with E-state index < -0.39 is 62.6 Å². The second-order valence-corrected chi connectivity index (χ2v) is 8.07. The number of carbonyl (C=O) groups is 1. The summed E-state index contributed by atoms with van der Waals surface area (Å²) in [4.78, 5) is 11.8. The van der Waals surface area contributed by atoms with Crippen molar-refractivity contribution in [2.24, 2.45) is 0 Å². The highest BCUT2D eigenvalue weighted by atomic mass is 32.2. The Morgan fingerprint density at radius 3 is 2.19 bits per heavy atom. The smallest absolute Gasteiger partial charge is 0.406 e. The molecule has 6 nitrogen and oxygen atoms in total. The monoisotopic (exact) mass is 470 g/mol. The molecule has 0 atom stereocenters. The summed E-state index contributed by atoms with van der Waals surface area (Å²) in [5.74, 6) is -6.61. The largest absolute Gasteiger partial charge is 0.573 e. The highest BCUT2D eigenvalue weighted by Crippen LogP contribution is 2.25. The van der Waals surface area contributed by atoms with Crippen LogP contribution in [0.15, 0.2) is 41.3 Å². The fraction of sp³-hybridized carbons (Fsp3) is 0.278. The van der Waals surface area contributed by atoms with Crippen LogP contribution in [0.4, 0.5) is 32.0 Å². The average Bonchev–Trinajstić information content (AvgIpc) is 2.67. The summed E-state index contributed by atoms with van der Waals surface area (Å²) in [6, 6.07) is 4.67. The normalized spacial score (nSPS) is 12.1. The number of hydrogen-bond donors (Lipinski definition) is 1. The molecule has 0 aliphatic heterocycles. The van der Waals surface area contributed by atoms with Gasteiger partial charge in [0.05, 0.1) is 17.1 Å². The molecule has 0 aromatic heterocycles. The number of benzene rings is 2. The van der Waals surface area contributed by atoms with Crippen LogP contribution in [-0.2, 0) is 14.8 Å². The van der Waals surface area contributed by atoms with Crippen molar-refractivity contribution in [3.05, 3.63) is 53.8 Å². The Bertz CT molecular complexity index is 1040. The number of amides is 1. The van der Waals surface area contributed by atoms with E-state index in [9.17, 15) is 39.6 Å². The zero-order valence-corrected chi connectivity index (χ0v) is 16.7. The fourth-order valence-electron chi connectivity index (χ4n) is 2.47. The van der Waals surface area contributed by atoms with E-state index in [-0.39, 0.29) is 13.0 Å². The van der Waals surface area contributed by atoms with Crippen LogP contribution < -0.4 is 10.1 Å². The maximum Gasteiger partial charge on any atom is 0.573 e. The molecular weight excluding hydrogens is 454 g/mol. The molecule has 0 aliphatic rings. The van der Waals surface area contributed by atoms with Crippen molar-refractivity contribution in [3.63, 3.8) is 0 Å². The molecule has 170 valence electrons. The fourth-order valence-corrected chi connectivity index (χ4v) is 3.96. The van der Waals surface area contributed by atoms with Gasteiger partial charge in [-0.05, 0) is 42.8 Å². The number of rotatable bonds is 8. The number of sulfonamides is 1. The molecule has 31 heavy (non-hydrogen) atoms. The van der Waals surface area contributed by atoms with Crippen LogP contribution in [0.3, 0.4) is 0 Å². The van der Waals surface area contributed by atoms with Gasteiger partial charge in [-0.3, -0.25) is 4.79 Å². The second-order valence-electron chi connectivity index (χ2n) is 6.13. The molecule has 0 saturated heterocycles. The third-order valence-corrected chi connectivity index (χ3v) is 5.66. The topological polar surface area (TPSA) is 75.7 Å². The molecule has 13 heteroatoms. The van der Waals surface area contributed by atoms with E-state index in [1.54, 1.807) is 6.92 Å². The van der Waals surface area contributed by atoms with Crippen LogP contribution in [0.2, 0.25) is 0 Å². The lowest BCUT2D eigenvalue weighted by atomic mass is 10.2. The highest BCUT2D eigenvalue weighted by Gasteiger charge is 2.32. The average molecular weight is 470 g/mol. The third-order valence-electron chi connectivity index (χ3n) is 3.80. The summed E-state index contributed by atoms with van der Waals surface area (Å²) < 4.78 is 107. The van der Waals surface area contributed by atoms with Crippen molar-refractivity contribution in [2.45, 2.75) is 24.6 Å². The van der Waals surface area contributed by atoms with E-state index in [2.05, 4.69) is 4.74 Å². The molecule has 0 aliphatic carbocycles. The SMILES string of the molecule is CCCN(CC(=O)Nc1ccc(F)c(F)c1F)S(=O)(=O)c1ccc(OC(F)(F)F)cc1. The lowest BCUT2D eigenvalue weighted by molar-refractivity contribution is -0.274. The molecule has 0 heterocycles. The summed E-state index contributed by atoms with van der Waals surface area (Å²) >= 11 is 0. The number of carbonyl (C=O) groups excluding carboxylic acids is 1. The van der Waals surface area contributed by atoms with Gasteiger partial charge >= 0.3 is 6.36 Å². The lowest BCUT2D eigenvalue weighted by Crippen LogP contribution is -2.38. The first-order valence-electron chi connectivity index (χ1n) is 8.64. The minimum atomic E-state index is -4.96. The van der Waals surface area contributed by atoms with Gasteiger partial charge in [-0.25, -0.2) is 21.6 Å². The van der Waals surface area contributed by atoms with E-state index >= 15 is 0 Å². The van der Waals surface area contributed by atoms with Gasteiger partial charge in [0.1, 0.15) is 5.75 Å². The van der Waals surface area contributed by atoms with Crippen molar-refractivity contribution in [3.8, 4) is 5.75 Å². The first kappa shape index (κ1) is 24.5. The van der Waals surface area contributed by atoms with Crippen LogP contribution in [-0.4, -0.2) is 38.1 Å². The minimum absolute atomic E-state index is 0.156. The van der Waals surface area contributed by atoms with E-state index in [1.165, 1.54) is 0 Å². The molecule has 1 amide bonds. The minimum Gasteiger partial charge on any atom is -0.406 e. The molecule has 0 unspecified atom stereocenters. The number of hydrogen-bond acceptors (Lipinski definition) is 4. The number of halogens is 6. The number of nitrogens with one attached hydrogen (secondary N) is 1. The summed E-state index contributed by atoms with van der Waals surface area (Å²) in [6.45, 7) is 0.641. The zero-order chi connectivity index (χ0) is 23.4. The van der Waals surface area contributed by atoms with Gasteiger partial charge in [-0.15, -0.1) is 13.2 Å². The van der Waals surface area contributed by atoms with Gasteiger partial charge in [0, 0.05) is 6.54 Å². The standard InChI is InChI=1S/C18H16F6N2O4S/c1-2-9-26(10-15(27)25-14-8-7-13(19)16(20)17(14)21)31(28,29)12-5-3-11(4-6-12)30-18(22,23)24/h3-8H,2,9-10H2,1H3,(H,25,27). The molecular formula is C18H16F6N2O4S. The zero-order valence-electron chi connectivity index (χ0n) is 15.8. The van der Waals surface area contributed by atoms with Gasteiger partial charge in [0.15, 0.2) is 17.5 Å². The van der Waals surface area contributed by atoms with E-state index in [0.717, 1.165) is 30.3 Å². The van der Waals surface area contributed by atoms with Crippen molar-refractivity contribution in [1.29, 1.82) is 0 Å². The van der Waals surface area contributed by atoms with Gasteiger partial charge in [0.2, 0.25) is 15.9 Å². The Morgan fingerprint density at radius 1 is 1.03 bits per heavy atom. The summed E-state index contributed by atoms with van der Waals surface area (Å²) in [6.07, 6.45) is -4.69. The van der Waals surface area contributed by atoms with E-state index in [0.29, 0.717) is 10.4 Å².